The van der Waals surface area contributed by atoms with Gasteiger partial charge in [-0.3, -0.25) is 9.59 Å². The number of nitrogens with zero attached hydrogens (tertiary/aromatic N) is 2. The molecule has 1 N–H and O–H groups in total. The molecule has 1 saturated heterocycles. The molecule has 0 saturated carbocycles. The van der Waals surface area contributed by atoms with Gasteiger partial charge in [0.1, 0.15) is 17.6 Å². The van der Waals surface area contributed by atoms with Crippen molar-refractivity contribution in [1.29, 1.82) is 0 Å². The Bertz CT molecular complexity index is 954. The monoisotopic (exact) mass is 385 g/mol. The van der Waals surface area contributed by atoms with E-state index in [1.165, 1.54) is 23.9 Å². The average molecular weight is 385 g/mol. The molecule has 2 amide bonds. The minimum Gasteiger partial charge on any atom is -0.472 e. The van der Waals surface area contributed by atoms with Crippen molar-refractivity contribution in [2.75, 3.05) is 11.9 Å². The third-order valence-electron chi connectivity index (χ3n) is 4.73. The molecule has 3 aromatic heterocycles. The number of carbonyl (C=O) groups excluding carboxylic acids is 2. The molecule has 3 aromatic rings. The van der Waals surface area contributed by atoms with E-state index in [2.05, 4.69) is 10.5 Å². The summed E-state index contributed by atoms with van der Waals surface area (Å²) < 4.78 is 10.1. The molecule has 1 aliphatic heterocycles. The second-order valence-corrected chi connectivity index (χ2v) is 7.64. The number of rotatable bonds is 4. The summed E-state index contributed by atoms with van der Waals surface area (Å²) in [5.41, 5.74) is 1.80. The largest absolute Gasteiger partial charge is 0.472 e. The van der Waals surface area contributed by atoms with E-state index >= 15 is 0 Å². The molecule has 27 heavy (non-hydrogen) atoms. The maximum absolute atomic E-state index is 12.7. The van der Waals surface area contributed by atoms with Gasteiger partial charge in [-0.05, 0) is 44.9 Å². The van der Waals surface area contributed by atoms with E-state index in [1.54, 1.807) is 26.0 Å². The van der Waals surface area contributed by atoms with Crippen molar-refractivity contribution >= 4 is 28.8 Å². The van der Waals surface area contributed by atoms with E-state index < -0.39 is 0 Å². The number of aryl methyl sites for hydroxylation is 2. The molecule has 4 heterocycles. The molecule has 0 aliphatic carbocycles. The summed E-state index contributed by atoms with van der Waals surface area (Å²) in [6.45, 7) is 4.24. The number of thiophene rings is 1. The SMILES string of the molecule is Cc1noc(C)c1NC(=O)c1ccc([C@H]2CCCN2C(=O)c2ccoc2)s1. The molecule has 1 aliphatic rings. The summed E-state index contributed by atoms with van der Waals surface area (Å²) in [5.74, 6) is 0.332. The average Bonchev–Trinajstić information content (AvgIpc) is 3.44. The summed E-state index contributed by atoms with van der Waals surface area (Å²) >= 11 is 1.41. The molecule has 0 aromatic carbocycles. The van der Waals surface area contributed by atoms with Crippen LogP contribution in [0, 0.1) is 13.8 Å². The number of likely N-dealkylation sites (tertiary alicyclic amines) is 1. The maximum Gasteiger partial charge on any atom is 0.265 e. The highest BCUT2D eigenvalue weighted by Crippen LogP contribution is 2.37. The standard InChI is InChI=1S/C19H19N3O4S/c1-11-17(12(2)26-21-11)20-18(23)16-6-5-15(27-16)14-4-3-8-22(14)19(24)13-7-9-25-10-13/h5-7,9-10,14H,3-4,8H2,1-2H3,(H,20,23)/t14-/m1/s1. The van der Waals surface area contributed by atoms with Crippen LogP contribution < -0.4 is 5.32 Å². The number of aromatic nitrogens is 1. The van der Waals surface area contributed by atoms with Crippen LogP contribution in [0.25, 0.3) is 0 Å². The Kier molecular flexibility index (Phi) is 4.57. The summed E-state index contributed by atoms with van der Waals surface area (Å²) in [5, 5.41) is 6.70. The molecule has 0 spiro atoms. The number of hydrogen-bond acceptors (Lipinski definition) is 6. The van der Waals surface area contributed by atoms with Crippen molar-refractivity contribution in [2.45, 2.75) is 32.7 Å². The van der Waals surface area contributed by atoms with E-state index in [-0.39, 0.29) is 17.9 Å². The van der Waals surface area contributed by atoms with Gasteiger partial charge in [-0.2, -0.15) is 0 Å². The Balaban J connectivity index is 1.51. The van der Waals surface area contributed by atoms with Crippen LogP contribution in [-0.2, 0) is 0 Å². The molecule has 8 heteroatoms. The minimum absolute atomic E-state index is 0.0157. The van der Waals surface area contributed by atoms with Crippen molar-refractivity contribution in [3.63, 3.8) is 0 Å². The van der Waals surface area contributed by atoms with E-state index in [4.69, 9.17) is 8.94 Å². The van der Waals surface area contributed by atoms with Crippen molar-refractivity contribution in [1.82, 2.24) is 10.1 Å². The highest BCUT2D eigenvalue weighted by molar-refractivity contribution is 7.14. The fourth-order valence-corrected chi connectivity index (χ4v) is 4.40. The van der Waals surface area contributed by atoms with Crippen LogP contribution in [0.1, 0.15) is 55.2 Å². The van der Waals surface area contributed by atoms with Gasteiger partial charge in [-0.15, -0.1) is 11.3 Å². The zero-order valence-corrected chi connectivity index (χ0v) is 15.8. The van der Waals surface area contributed by atoms with Gasteiger partial charge in [0.15, 0.2) is 5.76 Å². The Morgan fingerprint density at radius 2 is 2.15 bits per heavy atom. The number of anilines is 1. The first-order chi connectivity index (χ1) is 13.0. The van der Waals surface area contributed by atoms with E-state index in [0.717, 1.165) is 17.7 Å². The van der Waals surface area contributed by atoms with Crippen LogP contribution in [0.15, 0.2) is 39.7 Å². The van der Waals surface area contributed by atoms with E-state index in [9.17, 15) is 9.59 Å². The van der Waals surface area contributed by atoms with Gasteiger partial charge < -0.3 is 19.2 Å². The topological polar surface area (TPSA) is 88.6 Å². The third-order valence-corrected chi connectivity index (χ3v) is 5.92. The lowest BCUT2D eigenvalue weighted by Crippen LogP contribution is -2.29. The van der Waals surface area contributed by atoms with E-state index in [0.29, 0.717) is 34.1 Å². The van der Waals surface area contributed by atoms with Crippen LogP contribution in [0.5, 0.6) is 0 Å². The highest BCUT2D eigenvalue weighted by atomic mass is 32.1. The lowest BCUT2D eigenvalue weighted by Gasteiger charge is -2.23. The van der Waals surface area contributed by atoms with Crippen molar-refractivity contribution in [3.8, 4) is 0 Å². The van der Waals surface area contributed by atoms with Gasteiger partial charge in [0.2, 0.25) is 0 Å². The first kappa shape index (κ1) is 17.5. The predicted molar refractivity (Wildman–Crippen MR) is 100.0 cm³/mol. The van der Waals surface area contributed by atoms with Gasteiger partial charge in [-0.25, -0.2) is 0 Å². The molecule has 140 valence electrons. The fourth-order valence-electron chi connectivity index (χ4n) is 3.35. The molecule has 1 fully saturated rings. The second kappa shape index (κ2) is 7.03. The van der Waals surface area contributed by atoms with Gasteiger partial charge in [0.05, 0.1) is 22.7 Å². The number of nitrogens with one attached hydrogen (secondary N) is 1. The molecular weight excluding hydrogens is 366 g/mol. The van der Waals surface area contributed by atoms with Crippen LogP contribution in [-0.4, -0.2) is 28.4 Å². The van der Waals surface area contributed by atoms with Gasteiger partial charge in [-0.1, -0.05) is 5.16 Å². The Morgan fingerprint density at radius 3 is 2.85 bits per heavy atom. The van der Waals surface area contributed by atoms with E-state index in [1.807, 2.05) is 11.0 Å². The Labute approximate surface area is 159 Å². The zero-order valence-electron chi connectivity index (χ0n) is 15.0. The third kappa shape index (κ3) is 3.28. The Morgan fingerprint density at radius 1 is 1.30 bits per heavy atom. The predicted octanol–water partition coefficient (Wildman–Crippen LogP) is 4.18. The number of furan rings is 1. The molecular formula is C19H19N3O4S. The van der Waals surface area contributed by atoms with Crippen LogP contribution in [0.4, 0.5) is 5.69 Å². The summed E-state index contributed by atoms with van der Waals surface area (Å²) in [4.78, 5) is 28.7. The molecule has 4 rings (SSSR count). The molecule has 0 radical (unpaired) electrons. The van der Waals surface area contributed by atoms with Crippen LogP contribution in [0.3, 0.4) is 0 Å². The molecule has 1 atom stereocenters. The molecule has 0 bridgehead atoms. The normalized spacial score (nSPS) is 16.7. The van der Waals surface area contributed by atoms with Crippen molar-refractivity contribution in [3.05, 3.63) is 57.5 Å². The summed E-state index contributed by atoms with van der Waals surface area (Å²) in [7, 11) is 0. The zero-order chi connectivity index (χ0) is 19.0. The highest BCUT2D eigenvalue weighted by Gasteiger charge is 2.32. The lowest BCUT2D eigenvalue weighted by molar-refractivity contribution is 0.0737. The van der Waals surface area contributed by atoms with Gasteiger partial charge >= 0.3 is 0 Å². The first-order valence-electron chi connectivity index (χ1n) is 8.71. The number of carbonyl (C=O) groups is 2. The summed E-state index contributed by atoms with van der Waals surface area (Å²) in [6, 6.07) is 5.39. The van der Waals surface area contributed by atoms with Gasteiger partial charge in [0, 0.05) is 11.4 Å². The number of amides is 2. The van der Waals surface area contributed by atoms with Crippen LogP contribution >= 0.6 is 11.3 Å². The fraction of sp³-hybridized carbons (Fsp3) is 0.316. The quantitative estimate of drug-likeness (QED) is 0.728. The first-order valence-corrected chi connectivity index (χ1v) is 9.53. The van der Waals surface area contributed by atoms with Crippen LogP contribution in [0.2, 0.25) is 0 Å². The Hall–Kier alpha value is -2.87. The van der Waals surface area contributed by atoms with Crippen molar-refractivity contribution in [2.24, 2.45) is 0 Å². The maximum atomic E-state index is 12.7. The summed E-state index contributed by atoms with van der Waals surface area (Å²) in [6.07, 6.45) is 4.79. The smallest absolute Gasteiger partial charge is 0.265 e. The second-order valence-electron chi connectivity index (χ2n) is 6.52. The minimum atomic E-state index is -0.202. The molecule has 0 unspecified atom stereocenters. The number of hydrogen-bond donors (Lipinski definition) is 1. The molecule has 7 nitrogen and oxygen atoms in total. The van der Waals surface area contributed by atoms with Crippen molar-refractivity contribution < 1.29 is 18.5 Å². The van der Waals surface area contributed by atoms with Gasteiger partial charge in [0.25, 0.3) is 11.8 Å². The lowest BCUT2D eigenvalue weighted by atomic mass is 10.1.